The van der Waals surface area contributed by atoms with Gasteiger partial charge >= 0.3 is 12.6 Å². The molecular weight excluding hydrogens is 342 g/mol. The summed E-state index contributed by atoms with van der Waals surface area (Å²) in [5.41, 5.74) is 1.51. The van der Waals surface area contributed by atoms with Crippen molar-refractivity contribution in [3.63, 3.8) is 0 Å². The lowest BCUT2D eigenvalue weighted by molar-refractivity contribution is -0.0498. The zero-order valence-corrected chi connectivity index (χ0v) is 14.2. The molecule has 0 heterocycles. The Hall–Kier alpha value is -2.83. The van der Waals surface area contributed by atoms with Crippen LogP contribution in [0.2, 0.25) is 0 Å². The normalized spacial score (nSPS) is 14.6. The molecule has 0 aromatic heterocycles. The van der Waals surface area contributed by atoms with E-state index in [0.717, 1.165) is 24.2 Å². The number of urea groups is 1. The van der Waals surface area contributed by atoms with Gasteiger partial charge in [0.2, 0.25) is 0 Å². The van der Waals surface area contributed by atoms with Crippen LogP contribution in [0.15, 0.2) is 48.5 Å². The minimum atomic E-state index is -2.87. The maximum atomic E-state index is 12.3. The second kappa shape index (κ2) is 8.03. The van der Waals surface area contributed by atoms with Gasteiger partial charge in [-0.25, -0.2) is 4.79 Å². The van der Waals surface area contributed by atoms with Crippen molar-refractivity contribution in [1.29, 1.82) is 0 Å². The van der Waals surface area contributed by atoms with E-state index in [2.05, 4.69) is 15.4 Å². The van der Waals surface area contributed by atoms with Crippen LogP contribution in [0.1, 0.15) is 24.4 Å². The van der Waals surface area contributed by atoms with Crippen LogP contribution in [-0.2, 0) is 0 Å². The van der Waals surface area contributed by atoms with Gasteiger partial charge in [0, 0.05) is 5.69 Å². The number of amides is 2. The number of nitrogens with one attached hydrogen (secondary N) is 2. The van der Waals surface area contributed by atoms with Crippen molar-refractivity contribution in [3.05, 3.63) is 54.1 Å². The van der Waals surface area contributed by atoms with Gasteiger partial charge in [-0.3, -0.25) is 0 Å². The van der Waals surface area contributed by atoms with Gasteiger partial charge in [-0.1, -0.05) is 12.1 Å². The van der Waals surface area contributed by atoms with Gasteiger partial charge < -0.3 is 20.1 Å². The summed E-state index contributed by atoms with van der Waals surface area (Å²) < 4.78 is 33.8. The largest absolute Gasteiger partial charge is 0.497 e. The summed E-state index contributed by atoms with van der Waals surface area (Å²) in [5, 5.41) is 5.70. The molecule has 1 aliphatic carbocycles. The Morgan fingerprint density at radius 3 is 2.19 bits per heavy atom. The van der Waals surface area contributed by atoms with Crippen molar-refractivity contribution >= 4 is 11.7 Å². The molecule has 0 aliphatic heterocycles. The van der Waals surface area contributed by atoms with Crippen molar-refractivity contribution in [2.24, 2.45) is 5.92 Å². The van der Waals surface area contributed by atoms with Crippen LogP contribution in [0.25, 0.3) is 0 Å². The predicted molar refractivity (Wildman–Crippen MR) is 93.7 cm³/mol. The maximum absolute atomic E-state index is 12.3. The third-order valence-electron chi connectivity index (χ3n) is 4.19. The molecule has 2 aromatic carbocycles. The van der Waals surface area contributed by atoms with Gasteiger partial charge in [-0.15, -0.1) is 0 Å². The second-order valence-corrected chi connectivity index (χ2v) is 6.09. The molecule has 0 radical (unpaired) electrons. The van der Waals surface area contributed by atoms with E-state index >= 15 is 0 Å². The lowest BCUT2D eigenvalue weighted by Crippen LogP contribution is -2.33. The first-order chi connectivity index (χ1) is 12.5. The highest BCUT2D eigenvalue weighted by atomic mass is 19.3. The highest BCUT2D eigenvalue weighted by Gasteiger charge is 2.33. The third-order valence-corrected chi connectivity index (χ3v) is 4.19. The first kappa shape index (κ1) is 18.0. The fourth-order valence-corrected chi connectivity index (χ4v) is 2.74. The van der Waals surface area contributed by atoms with Crippen LogP contribution in [-0.4, -0.2) is 19.8 Å². The topological polar surface area (TPSA) is 59.6 Å². The average molecular weight is 362 g/mol. The van der Waals surface area contributed by atoms with Crippen molar-refractivity contribution < 1.29 is 23.0 Å². The lowest BCUT2D eigenvalue weighted by Gasteiger charge is -2.19. The summed E-state index contributed by atoms with van der Waals surface area (Å²) in [6.07, 6.45) is 2.13. The van der Waals surface area contributed by atoms with Crippen LogP contribution in [0.4, 0.5) is 19.3 Å². The maximum Gasteiger partial charge on any atom is 0.387 e. The molecule has 0 bridgehead atoms. The summed E-state index contributed by atoms with van der Waals surface area (Å²) in [4.78, 5) is 12.3. The molecule has 1 atom stereocenters. The van der Waals surface area contributed by atoms with E-state index in [9.17, 15) is 13.6 Å². The molecule has 1 saturated carbocycles. The smallest absolute Gasteiger partial charge is 0.387 e. The van der Waals surface area contributed by atoms with Gasteiger partial charge in [0.25, 0.3) is 0 Å². The third kappa shape index (κ3) is 4.84. The molecule has 1 aliphatic rings. The summed E-state index contributed by atoms with van der Waals surface area (Å²) >= 11 is 0. The molecule has 0 saturated heterocycles. The molecule has 0 spiro atoms. The average Bonchev–Trinajstić information content (AvgIpc) is 3.46. The Balaban J connectivity index is 1.61. The van der Waals surface area contributed by atoms with E-state index in [1.807, 2.05) is 24.3 Å². The van der Waals surface area contributed by atoms with E-state index in [4.69, 9.17) is 4.74 Å². The summed E-state index contributed by atoms with van der Waals surface area (Å²) in [5.74, 6) is 1.22. The number of ether oxygens (including phenoxy) is 2. The number of carbonyl (C=O) groups excluding carboxylic acids is 1. The van der Waals surface area contributed by atoms with Crippen LogP contribution in [0.5, 0.6) is 11.5 Å². The van der Waals surface area contributed by atoms with Crippen LogP contribution < -0.4 is 20.1 Å². The highest BCUT2D eigenvalue weighted by Crippen LogP contribution is 2.41. The Morgan fingerprint density at radius 2 is 1.65 bits per heavy atom. The number of benzene rings is 2. The molecule has 7 heteroatoms. The standard InChI is InChI=1S/C19H20F2N2O3/c1-25-15-8-4-13(5-9-15)17(12-2-3-12)23-19(24)22-14-6-10-16(11-7-14)26-18(20)21/h4-12,17-18H,2-3H2,1H3,(H2,22,23,24). The Morgan fingerprint density at radius 1 is 1.04 bits per heavy atom. The van der Waals surface area contributed by atoms with Gasteiger partial charge in [0.1, 0.15) is 11.5 Å². The van der Waals surface area contributed by atoms with Crippen molar-refractivity contribution in [2.45, 2.75) is 25.5 Å². The van der Waals surface area contributed by atoms with Gasteiger partial charge in [-0.05, 0) is 60.7 Å². The number of hydrogen-bond acceptors (Lipinski definition) is 3. The van der Waals surface area contributed by atoms with E-state index in [1.54, 1.807) is 7.11 Å². The first-order valence-corrected chi connectivity index (χ1v) is 8.31. The van der Waals surface area contributed by atoms with Crippen molar-refractivity contribution in [3.8, 4) is 11.5 Å². The quantitative estimate of drug-likeness (QED) is 0.759. The molecule has 138 valence electrons. The van der Waals surface area contributed by atoms with E-state index < -0.39 is 6.61 Å². The number of carbonyl (C=O) groups is 1. The molecule has 2 N–H and O–H groups in total. The SMILES string of the molecule is COc1ccc(C(NC(=O)Nc2ccc(OC(F)F)cc2)C2CC2)cc1. The predicted octanol–water partition coefficient (Wildman–Crippen LogP) is 4.57. The highest BCUT2D eigenvalue weighted by molar-refractivity contribution is 5.89. The first-order valence-electron chi connectivity index (χ1n) is 8.31. The number of hydrogen-bond donors (Lipinski definition) is 2. The summed E-state index contributed by atoms with van der Waals surface area (Å²) in [7, 11) is 1.61. The Kier molecular flexibility index (Phi) is 5.55. The molecule has 2 amide bonds. The zero-order chi connectivity index (χ0) is 18.5. The summed E-state index contributed by atoms with van der Waals surface area (Å²) in [6, 6.07) is 13.0. The fourth-order valence-electron chi connectivity index (χ4n) is 2.74. The van der Waals surface area contributed by atoms with Crippen LogP contribution >= 0.6 is 0 Å². The molecule has 2 aromatic rings. The van der Waals surface area contributed by atoms with Crippen LogP contribution in [0, 0.1) is 5.92 Å². The molecular formula is C19H20F2N2O3. The van der Waals surface area contributed by atoms with Gasteiger partial charge in [0.15, 0.2) is 0 Å². The fraction of sp³-hybridized carbons (Fsp3) is 0.316. The minimum Gasteiger partial charge on any atom is -0.497 e. The Bertz CT molecular complexity index is 731. The van der Waals surface area contributed by atoms with E-state index in [0.29, 0.717) is 11.6 Å². The lowest BCUT2D eigenvalue weighted by atomic mass is 10.0. The van der Waals surface area contributed by atoms with Gasteiger partial charge in [-0.2, -0.15) is 8.78 Å². The molecule has 5 nitrogen and oxygen atoms in total. The second-order valence-electron chi connectivity index (χ2n) is 6.09. The number of anilines is 1. The minimum absolute atomic E-state index is 0.0417. The van der Waals surface area contributed by atoms with Crippen LogP contribution in [0.3, 0.4) is 0 Å². The molecule has 1 unspecified atom stereocenters. The number of alkyl halides is 2. The van der Waals surface area contributed by atoms with Crippen molar-refractivity contribution in [2.75, 3.05) is 12.4 Å². The van der Waals surface area contributed by atoms with Gasteiger partial charge in [0.05, 0.1) is 13.2 Å². The van der Waals surface area contributed by atoms with Crippen molar-refractivity contribution in [1.82, 2.24) is 5.32 Å². The molecule has 3 rings (SSSR count). The molecule has 1 fully saturated rings. The van der Waals surface area contributed by atoms with E-state index in [-0.39, 0.29) is 17.8 Å². The number of rotatable bonds is 7. The molecule has 26 heavy (non-hydrogen) atoms. The summed E-state index contributed by atoms with van der Waals surface area (Å²) in [6.45, 7) is -2.87. The number of halogens is 2. The number of methoxy groups -OCH3 is 1. The van der Waals surface area contributed by atoms with E-state index in [1.165, 1.54) is 24.3 Å². The monoisotopic (exact) mass is 362 g/mol. The zero-order valence-electron chi connectivity index (χ0n) is 14.2. The Labute approximate surface area is 150 Å².